The van der Waals surface area contributed by atoms with Crippen molar-refractivity contribution in [2.24, 2.45) is 0 Å². The lowest BCUT2D eigenvalue weighted by Gasteiger charge is -2.20. The van der Waals surface area contributed by atoms with E-state index in [1.807, 2.05) is 0 Å². The standard InChI is InChI=1S/C14H22N2OS/c1-4-8-16(11-6-7-11)14-15-13(10(3)5-2)12(9-17)18-14/h9-11H,4-8H2,1-3H3. The predicted molar refractivity (Wildman–Crippen MR) is 76.9 cm³/mol. The van der Waals surface area contributed by atoms with Crippen LogP contribution in [0.3, 0.4) is 0 Å². The summed E-state index contributed by atoms with van der Waals surface area (Å²) in [5.41, 5.74) is 0.995. The molecule has 1 saturated carbocycles. The molecule has 0 aliphatic heterocycles. The lowest BCUT2D eigenvalue weighted by Crippen LogP contribution is -2.26. The molecule has 0 amide bonds. The Morgan fingerprint density at radius 1 is 1.50 bits per heavy atom. The van der Waals surface area contributed by atoms with Gasteiger partial charge in [0.25, 0.3) is 0 Å². The molecule has 0 radical (unpaired) electrons. The van der Waals surface area contributed by atoms with E-state index < -0.39 is 0 Å². The number of hydrogen-bond donors (Lipinski definition) is 0. The van der Waals surface area contributed by atoms with Gasteiger partial charge in [-0.3, -0.25) is 4.79 Å². The first kappa shape index (κ1) is 13.5. The summed E-state index contributed by atoms with van der Waals surface area (Å²) < 4.78 is 0. The second kappa shape index (κ2) is 5.83. The Morgan fingerprint density at radius 3 is 2.72 bits per heavy atom. The summed E-state index contributed by atoms with van der Waals surface area (Å²) >= 11 is 1.57. The molecule has 0 aromatic carbocycles. The van der Waals surface area contributed by atoms with Gasteiger partial charge in [0.2, 0.25) is 0 Å². The Morgan fingerprint density at radius 2 is 2.22 bits per heavy atom. The maximum absolute atomic E-state index is 11.2. The molecule has 0 spiro atoms. The number of carbonyl (C=O) groups is 1. The van der Waals surface area contributed by atoms with E-state index in [1.54, 1.807) is 11.3 Å². The Balaban J connectivity index is 2.26. The zero-order valence-corrected chi connectivity index (χ0v) is 12.3. The van der Waals surface area contributed by atoms with E-state index in [0.29, 0.717) is 12.0 Å². The van der Waals surface area contributed by atoms with Crippen LogP contribution in [0.2, 0.25) is 0 Å². The van der Waals surface area contributed by atoms with Crippen molar-refractivity contribution in [3.8, 4) is 0 Å². The first-order chi connectivity index (χ1) is 8.71. The van der Waals surface area contributed by atoms with Crippen LogP contribution >= 0.6 is 11.3 Å². The fourth-order valence-corrected chi connectivity index (χ4v) is 3.24. The van der Waals surface area contributed by atoms with Crippen LogP contribution in [0.1, 0.15) is 67.7 Å². The van der Waals surface area contributed by atoms with E-state index in [4.69, 9.17) is 4.98 Å². The van der Waals surface area contributed by atoms with Crippen molar-refractivity contribution in [1.82, 2.24) is 4.98 Å². The number of hydrogen-bond acceptors (Lipinski definition) is 4. The van der Waals surface area contributed by atoms with Gasteiger partial charge in [-0.2, -0.15) is 0 Å². The van der Waals surface area contributed by atoms with Gasteiger partial charge in [0.05, 0.1) is 10.6 Å². The summed E-state index contributed by atoms with van der Waals surface area (Å²) in [6.07, 6.45) is 5.68. The third-order valence-corrected chi connectivity index (χ3v) is 4.59. The highest BCUT2D eigenvalue weighted by atomic mass is 32.1. The van der Waals surface area contributed by atoms with E-state index in [2.05, 4.69) is 25.7 Å². The highest BCUT2D eigenvalue weighted by Crippen LogP contribution is 2.37. The molecular weight excluding hydrogens is 244 g/mol. The summed E-state index contributed by atoms with van der Waals surface area (Å²) in [7, 11) is 0. The van der Waals surface area contributed by atoms with Crippen molar-refractivity contribution in [2.45, 2.75) is 58.4 Å². The zero-order chi connectivity index (χ0) is 13.1. The molecule has 100 valence electrons. The second-order valence-electron chi connectivity index (χ2n) is 5.10. The Bertz CT molecular complexity index is 412. The predicted octanol–water partition coefficient (Wildman–Crippen LogP) is 3.85. The molecule has 4 heteroatoms. The fourth-order valence-electron chi connectivity index (χ4n) is 2.15. The van der Waals surface area contributed by atoms with E-state index in [1.165, 1.54) is 12.8 Å². The summed E-state index contributed by atoms with van der Waals surface area (Å²) in [4.78, 5) is 19.1. The van der Waals surface area contributed by atoms with Crippen molar-refractivity contribution in [3.05, 3.63) is 10.6 Å². The highest BCUT2D eigenvalue weighted by Gasteiger charge is 2.31. The molecule has 1 aromatic heterocycles. The molecule has 1 heterocycles. The molecule has 18 heavy (non-hydrogen) atoms. The number of rotatable bonds is 7. The number of nitrogens with zero attached hydrogens (tertiary/aromatic N) is 2. The maximum atomic E-state index is 11.2. The largest absolute Gasteiger partial charge is 0.345 e. The molecule has 1 atom stereocenters. The molecule has 3 nitrogen and oxygen atoms in total. The number of thiazole rings is 1. The topological polar surface area (TPSA) is 33.2 Å². The van der Waals surface area contributed by atoms with Crippen LogP contribution in [0.4, 0.5) is 5.13 Å². The number of aromatic nitrogens is 1. The molecule has 1 unspecified atom stereocenters. The zero-order valence-electron chi connectivity index (χ0n) is 11.5. The molecule has 1 aliphatic carbocycles. The van der Waals surface area contributed by atoms with Crippen molar-refractivity contribution in [2.75, 3.05) is 11.4 Å². The van der Waals surface area contributed by atoms with Crippen LogP contribution in [-0.4, -0.2) is 23.9 Å². The van der Waals surface area contributed by atoms with Gasteiger partial charge in [0.15, 0.2) is 11.4 Å². The van der Waals surface area contributed by atoms with Crippen LogP contribution in [0.5, 0.6) is 0 Å². The smallest absolute Gasteiger partial charge is 0.186 e. The van der Waals surface area contributed by atoms with Gasteiger partial charge < -0.3 is 4.90 Å². The molecule has 1 aliphatic rings. The maximum Gasteiger partial charge on any atom is 0.186 e. The quantitative estimate of drug-likeness (QED) is 0.703. The van der Waals surface area contributed by atoms with E-state index in [9.17, 15) is 4.79 Å². The molecule has 0 N–H and O–H groups in total. The van der Waals surface area contributed by atoms with Gasteiger partial charge in [-0.05, 0) is 31.6 Å². The monoisotopic (exact) mass is 266 g/mol. The Kier molecular flexibility index (Phi) is 4.38. The third-order valence-electron chi connectivity index (χ3n) is 3.55. The minimum absolute atomic E-state index is 0.373. The molecule has 1 aromatic rings. The number of carbonyl (C=O) groups excluding carboxylic acids is 1. The van der Waals surface area contributed by atoms with Crippen LogP contribution in [-0.2, 0) is 0 Å². The van der Waals surface area contributed by atoms with Gasteiger partial charge in [0, 0.05) is 12.6 Å². The van der Waals surface area contributed by atoms with Crippen LogP contribution in [0.15, 0.2) is 0 Å². The summed E-state index contributed by atoms with van der Waals surface area (Å²) in [6.45, 7) is 7.53. The van der Waals surface area contributed by atoms with Gasteiger partial charge >= 0.3 is 0 Å². The second-order valence-corrected chi connectivity index (χ2v) is 6.11. The van der Waals surface area contributed by atoms with E-state index >= 15 is 0 Å². The van der Waals surface area contributed by atoms with Crippen LogP contribution < -0.4 is 4.90 Å². The molecule has 0 bridgehead atoms. The van der Waals surface area contributed by atoms with Gasteiger partial charge in [0.1, 0.15) is 0 Å². The normalized spacial score (nSPS) is 16.6. The van der Waals surface area contributed by atoms with Crippen LogP contribution in [0.25, 0.3) is 0 Å². The minimum Gasteiger partial charge on any atom is -0.345 e. The van der Waals surface area contributed by atoms with Crippen molar-refractivity contribution >= 4 is 22.8 Å². The van der Waals surface area contributed by atoms with Crippen molar-refractivity contribution in [3.63, 3.8) is 0 Å². The van der Waals surface area contributed by atoms with E-state index in [-0.39, 0.29) is 0 Å². The number of anilines is 1. The van der Waals surface area contributed by atoms with Gasteiger partial charge in [-0.15, -0.1) is 0 Å². The van der Waals surface area contributed by atoms with Gasteiger partial charge in [-0.1, -0.05) is 32.1 Å². The molecule has 0 saturated heterocycles. The first-order valence-electron chi connectivity index (χ1n) is 6.93. The lowest BCUT2D eigenvalue weighted by atomic mass is 10.0. The minimum atomic E-state index is 0.373. The summed E-state index contributed by atoms with van der Waals surface area (Å²) in [6, 6.07) is 0.667. The Labute approximate surface area is 113 Å². The van der Waals surface area contributed by atoms with Crippen molar-refractivity contribution in [1.29, 1.82) is 0 Å². The fraction of sp³-hybridized carbons (Fsp3) is 0.714. The third kappa shape index (κ3) is 2.74. The molecule has 2 rings (SSSR count). The van der Waals surface area contributed by atoms with E-state index in [0.717, 1.165) is 41.4 Å². The summed E-state index contributed by atoms with van der Waals surface area (Å²) in [5, 5.41) is 1.05. The Hall–Kier alpha value is -0.900. The van der Waals surface area contributed by atoms with Crippen LogP contribution in [0, 0.1) is 0 Å². The van der Waals surface area contributed by atoms with Gasteiger partial charge in [-0.25, -0.2) is 4.98 Å². The average molecular weight is 266 g/mol. The molecule has 1 fully saturated rings. The first-order valence-corrected chi connectivity index (χ1v) is 7.75. The average Bonchev–Trinajstić information content (AvgIpc) is 3.13. The van der Waals surface area contributed by atoms with Crippen molar-refractivity contribution < 1.29 is 4.79 Å². The lowest BCUT2D eigenvalue weighted by molar-refractivity contribution is 0.112. The highest BCUT2D eigenvalue weighted by molar-refractivity contribution is 7.17. The summed E-state index contributed by atoms with van der Waals surface area (Å²) in [5.74, 6) is 0.373. The number of aldehydes is 1. The molecular formula is C14H22N2OS. The SMILES string of the molecule is CCCN(c1nc(C(C)CC)c(C=O)s1)C1CC1.